The number of aromatic nitrogens is 3. The molecule has 0 bridgehead atoms. The van der Waals surface area contributed by atoms with Crippen LogP contribution in [-0.2, 0) is 22.5 Å². The van der Waals surface area contributed by atoms with Crippen LogP contribution in [0, 0.1) is 5.92 Å². The third-order valence-corrected chi connectivity index (χ3v) is 7.30. The Morgan fingerprint density at radius 2 is 1.84 bits per heavy atom. The molecule has 2 saturated heterocycles. The van der Waals surface area contributed by atoms with Gasteiger partial charge >= 0.3 is 0 Å². The van der Waals surface area contributed by atoms with E-state index in [1.165, 1.54) is 17.3 Å². The molecule has 0 spiro atoms. The number of rotatable bonds is 7. The third-order valence-electron chi connectivity index (χ3n) is 6.23. The Kier molecular flexibility index (Phi) is 7.50. The van der Waals surface area contributed by atoms with E-state index < -0.39 is 0 Å². The summed E-state index contributed by atoms with van der Waals surface area (Å²) in [7, 11) is 0. The van der Waals surface area contributed by atoms with E-state index in [0.29, 0.717) is 19.1 Å². The second kappa shape index (κ2) is 10.5. The van der Waals surface area contributed by atoms with Crippen LogP contribution in [-0.4, -0.2) is 70.2 Å². The number of hydrogen-bond acceptors (Lipinski definition) is 6. The molecule has 1 atom stereocenters. The molecule has 0 saturated carbocycles. The van der Waals surface area contributed by atoms with Gasteiger partial charge in [0.25, 0.3) is 0 Å². The molecule has 4 rings (SSSR count). The van der Waals surface area contributed by atoms with E-state index in [-0.39, 0.29) is 11.2 Å². The quantitative estimate of drug-likeness (QED) is 0.613. The molecule has 31 heavy (non-hydrogen) atoms. The van der Waals surface area contributed by atoms with Crippen molar-refractivity contribution in [2.75, 3.05) is 44.3 Å². The van der Waals surface area contributed by atoms with Crippen molar-refractivity contribution in [3.8, 4) is 0 Å². The Balaban J connectivity index is 1.31. The van der Waals surface area contributed by atoms with Crippen LogP contribution >= 0.6 is 11.8 Å². The Bertz CT molecular complexity index is 845. The van der Waals surface area contributed by atoms with Gasteiger partial charge in [0.2, 0.25) is 11.9 Å². The molecule has 2 fully saturated rings. The number of benzene rings is 1. The summed E-state index contributed by atoms with van der Waals surface area (Å²) in [5.74, 6) is 1.75. The molecule has 1 amide bonds. The van der Waals surface area contributed by atoms with Crippen LogP contribution in [0.4, 0.5) is 5.95 Å². The van der Waals surface area contributed by atoms with E-state index in [2.05, 4.69) is 56.9 Å². The molecule has 2 aliphatic rings. The summed E-state index contributed by atoms with van der Waals surface area (Å²) < 4.78 is 7.57. The molecule has 168 valence electrons. The lowest BCUT2D eigenvalue weighted by atomic mass is 9.90. The van der Waals surface area contributed by atoms with Crippen molar-refractivity contribution in [2.24, 2.45) is 5.92 Å². The van der Waals surface area contributed by atoms with Crippen LogP contribution in [0.5, 0.6) is 0 Å². The monoisotopic (exact) mass is 443 g/mol. The van der Waals surface area contributed by atoms with Gasteiger partial charge in [-0.25, -0.2) is 0 Å². The normalized spacial score (nSPS) is 18.9. The molecular weight excluding hydrogens is 410 g/mol. The van der Waals surface area contributed by atoms with E-state index in [4.69, 9.17) is 4.74 Å². The number of carbonyl (C=O) groups is 1. The zero-order chi connectivity index (χ0) is 21.6. The molecule has 1 unspecified atom stereocenters. The van der Waals surface area contributed by atoms with Gasteiger partial charge in [-0.3, -0.25) is 9.36 Å². The van der Waals surface area contributed by atoms with E-state index >= 15 is 0 Å². The second-order valence-electron chi connectivity index (χ2n) is 8.34. The standard InChI is InChI=1S/C23H33N5O2S/c1-3-28-22(27-13-15-30-16-14-27)24-25-23(28)31-18(2)21(29)26-11-9-20(10-12-26)17-19-7-5-4-6-8-19/h4-8,18,20H,3,9-17H2,1-2H3. The molecule has 1 aromatic heterocycles. The van der Waals surface area contributed by atoms with Crippen LogP contribution < -0.4 is 4.90 Å². The Labute approximate surface area is 189 Å². The fourth-order valence-corrected chi connectivity index (χ4v) is 5.40. The number of piperidine rings is 1. The van der Waals surface area contributed by atoms with Crippen molar-refractivity contribution in [3.63, 3.8) is 0 Å². The number of carbonyl (C=O) groups excluding carboxylic acids is 1. The van der Waals surface area contributed by atoms with E-state index in [1.54, 1.807) is 0 Å². The number of likely N-dealkylation sites (tertiary alicyclic amines) is 1. The summed E-state index contributed by atoms with van der Waals surface area (Å²) in [5, 5.41) is 9.49. The van der Waals surface area contributed by atoms with Crippen LogP contribution in [0.3, 0.4) is 0 Å². The summed E-state index contributed by atoms with van der Waals surface area (Å²) in [4.78, 5) is 17.3. The van der Waals surface area contributed by atoms with Crippen molar-refractivity contribution in [1.29, 1.82) is 0 Å². The molecule has 2 aromatic rings. The largest absolute Gasteiger partial charge is 0.378 e. The van der Waals surface area contributed by atoms with Crippen LogP contribution in [0.15, 0.2) is 35.5 Å². The molecule has 0 radical (unpaired) electrons. The van der Waals surface area contributed by atoms with Crippen molar-refractivity contribution in [2.45, 2.75) is 50.1 Å². The molecule has 0 aliphatic carbocycles. The molecule has 1 aromatic carbocycles. The van der Waals surface area contributed by atoms with Gasteiger partial charge in [0.05, 0.1) is 18.5 Å². The van der Waals surface area contributed by atoms with Gasteiger partial charge in [-0.05, 0) is 44.6 Å². The first kappa shape index (κ1) is 22.1. The van der Waals surface area contributed by atoms with Gasteiger partial charge in [-0.1, -0.05) is 42.1 Å². The fourth-order valence-electron chi connectivity index (χ4n) is 4.41. The number of ether oxygens (including phenoxy) is 1. The number of morpholine rings is 1. The zero-order valence-electron chi connectivity index (χ0n) is 18.6. The molecule has 8 heteroatoms. The molecule has 2 aliphatic heterocycles. The minimum Gasteiger partial charge on any atom is -0.378 e. The van der Waals surface area contributed by atoms with Gasteiger partial charge in [0.15, 0.2) is 5.16 Å². The predicted molar refractivity (Wildman–Crippen MR) is 123 cm³/mol. The number of hydrogen-bond donors (Lipinski definition) is 0. The van der Waals surface area contributed by atoms with Crippen molar-refractivity contribution in [1.82, 2.24) is 19.7 Å². The Morgan fingerprint density at radius 3 is 2.52 bits per heavy atom. The highest BCUT2D eigenvalue weighted by Gasteiger charge is 2.28. The lowest BCUT2D eigenvalue weighted by Gasteiger charge is -2.33. The topological polar surface area (TPSA) is 63.5 Å². The SMILES string of the molecule is CCn1c(SC(C)C(=O)N2CCC(Cc3ccccc3)CC2)nnc1N1CCOCC1. The Morgan fingerprint density at radius 1 is 1.13 bits per heavy atom. The first-order chi connectivity index (χ1) is 15.2. The van der Waals surface area contributed by atoms with Gasteiger partial charge in [0.1, 0.15) is 0 Å². The van der Waals surface area contributed by atoms with Crippen molar-refractivity contribution >= 4 is 23.6 Å². The first-order valence-electron chi connectivity index (χ1n) is 11.4. The zero-order valence-corrected chi connectivity index (χ0v) is 19.4. The summed E-state index contributed by atoms with van der Waals surface area (Å²) in [6, 6.07) is 10.7. The lowest BCUT2D eigenvalue weighted by Crippen LogP contribution is -2.42. The van der Waals surface area contributed by atoms with Crippen LogP contribution in [0.1, 0.15) is 32.3 Å². The maximum absolute atomic E-state index is 13.1. The third kappa shape index (κ3) is 5.41. The summed E-state index contributed by atoms with van der Waals surface area (Å²) in [6.07, 6.45) is 3.26. The summed E-state index contributed by atoms with van der Waals surface area (Å²) in [6.45, 7) is 9.66. The van der Waals surface area contributed by atoms with Gasteiger partial charge < -0.3 is 14.5 Å². The Hall–Kier alpha value is -2.06. The molecule has 7 nitrogen and oxygen atoms in total. The predicted octanol–water partition coefficient (Wildman–Crippen LogP) is 3.10. The van der Waals surface area contributed by atoms with Crippen molar-refractivity contribution < 1.29 is 9.53 Å². The average Bonchev–Trinajstić information content (AvgIpc) is 3.22. The highest BCUT2D eigenvalue weighted by Crippen LogP contribution is 2.29. The minimum atomic E-state index is -0.169. The lowest BCUT2D eigenvalue weighted by molar-refractivity contribution is -0.131. The van der Waals surface area contributed by atoms with Crippen molar-refractivity contribution in [3.05, 3.63) is 35.9 Å². The maximum atomic E-state index is 13.1. The highest BCUT2D eigenvalue weighted by molar-refractivity contribution is 8.00. The highest BCUT2D eigenvalue weighted by atomic mass is 32.2. The number of thioether (sulfide) groups is 1. The fraction of sp³-hybridized carbons (Fsp3) is 0.609. The summed E-state index contributed by atoms with van der Waals surface area (Å²) in [5.41, 5.74) is 1.39. The van der Waals surface area contributed by atoms with Crippen LogP contribution in [0.2, 0.25) is 0 Å². The number of anilines is 1. The van der Waals surface area contributed by atoms with Gasteiger partial charge in [0, 0.05) is 32.7 Å². The summed E-state index contributed by atoms with van der Waals surface area (Å²) >= 11 is 1.53. The van der Waals surface area contributed by atoms with E-state index in [0.717, 1.165) is 63.1 Å². The van der Waals surface area contributed by atoms with Gasteiger partial charge in [-0.15, -0.1) is 10.2 Å². The number of amides is 1. The minimum absolute atomic E-state index is 0.169. The maximum Gasteiger partial charge on any atom is 0.235 e. The van der Waals surface area contributed by atoms with E-state index in [1.807, 2.05) is 11.8 Å². The molecular formula is C23H33N5O2S. The second-order valence-corrected chi connectivity index (χ2v) is 9.65. The number of nitrogens with zero attached hydrogens (tertiary/aromatic N) is 5. The average molecular weight is 444 g/mol. The van der Waals surface area contributed by atoms with Gasteiger partial charge in [-0.2, -0.15) is 0 Å². The molecule has 0 N–H and O–H groups in total. The smallest absolute Gasteiger partial charge is 0.235 e. The van der Waals surface area contributed by atoms with E-state index in [9.17, 15) is 4.79 Å². The first-order valence-corrected chi connectivity index (χ1v) is 12.3. The van der Waals surface area contributed by atoms with Crippen LogP contribution in [0.25, 0.3) is 0 Å². The molecule has 3 heterocycles.